The fourth-order valence-electron chi connectivity index (χ4n) is 6.17. The summed E-state index contributed by atoms with van der Waals surface area (Å²) in [5.41, 5.74) is 5.81. The van der Waals surface area contributed by atoms with Gasteiger partial charge < -0.3 is 35.1 Å². The highest BCUT2D eigenvalue weighted by Gasteiger charge is 2.29. The molecule has 4 N–H and O–H groups in total. The molecule has 0 fully saturated rings. The molecule has 0 unspecified atom stereocenters. The van der Waals surface area contributed by atoms with E-state index in [-0.39, 0.29) is 23.7 Å². The molecule has 1 atom stereocenters. The van der Waals surface area contributed by atoms with Gasteiger partial charge in [0, 0.05) is 37.6 Å². The third kappa shape index (κ3) is 7.51. The molecular weight excluding hydrogens is 598 g/mol. The smallest absolute Gasteiger partial charge is 0.224 e. The molecule has 0 radical (unpaired) electrons. The molecule has 0 saturated heterocycles. The lowest BCUT2D eigenvalue weighted by molar-refractivity contribution is -0.119. The van der Waals surface area contributed by atoms with Crippen molar-refractivity contribution in [3.05, 3.63) is 69.6 Å². The van der Waals surface area contributed by atoms with E-state index < -0.39 is 6.04 Å². The summed E-state index contributed by atoms with van der Waals surface area (Å²) in [6.45, 7) is 6.17. The van der Waals surface area contributed by atoms with E-state index in [0.717, 1.165) is 40.0 Å². The van der Waals surface area contributed by atoms with Crippen molar-refractivity contribution in [1.29, 1.82) is 0 Å². The van der Waals surface area contributed by atoms with Crippen LogP contribution in [0.2, 0.25) is 0 Å². The van der Waals surface area contributed by atoms with Crippen molar-refractivity contribution in [2.24, 2.45) is 5.92 Å². The largest absolute Gasteiger partial charge is 0.493 e. The van der Waals surface area contributed by atoms with Crippen LogP contribution >= 0.6 is 0 Å². The van der Waals surface area contributed by atoms with Crippen molar-refractivity contribution in [2.45, 2.75) is 58.9 Å². The van der Waals surface area contributed by atoms with Crippen molar-refractivity contribution in [3.8, 4) is 28.4 Å². The average molecular weight is 642 g/mol. The summed E-state index contributed by atoms with van der Waals surface area (Å²) in [5.74, 6) is 2.59. The Bertz CT molecular complexity index is 1850. The van der Waals surface area contributed by atoms with Gasteiger partial charge in [-0.05, 0) is 78.3 Å². The van der Waals surface area contributed by atoms with Gasteiger partial charge in [-0.15, -0.1) is 0 Å². The summed E-state index contributed by atoms with van der Waals surface area (Å²) < 4.78 is 17.1. The molecule has 0 spiro atoms. The Morgan fingerprint density at radius 1 is 1.02 bits per heavy atom. The predicted octanol–water partition coefficient (Wildman–Crippen LogP) is 5.77. The first-order chi connectivity index (χ1) is 22.6. The second-order valence-electron chi connectivity index (χ2n) is 12.2. The topological polar surface area (TPSA) is 144 Å². The van der Waals surface area contributed by atoms with Gasteiger partial charge in [0.1, 0.15) is 5.82 Å². The number of hydrogen-bond acceptors (Lipinski definition) is 8. The number of fused-ring (bicyclic) bond motifs is 4. The van der Waals surface area contributed by atoms with Crippen LogP contribution in [0.25, 0.3) is 22.2 Å². The van der Waals surface area contributed by atoms with Gasteiger partial charge in [-0.3, -0.25) is 14.4 Å². The highest BCUT2D eigenvalue weighted by Crippen LogP contribution is 2.50. The van der Waals surface area contributed by atoms with Crippen molar-refractivity contribution in [1.82, 2.24) is 15.3 Å². The maximum absolute atomic E-state index is 13.5. The molecule has 248 valence electrons. The third-order valence-electron chi connectivity index (χ3n) is 8.23. The fourth-order valence-corrected chi connectivity index (χ4v) is 6.17. The Morgan fingerprint density at radius 2 is 1.81 bits per heavy atom. The van der Waals surface area contributed by atoms with Crippen LogP contribution in [0.3, 0.4) is 0 Å². The maximum atomic E-state index is 13.5. The number of nitrogens with one attached hydrogen (secondary N) is 4. The van der Waals surface area contributed by atoms with E-state index >= 15 is 0 Å². The number of ether oxygens (including phenoxy) is 3. The number of aromatic amines is 1. The van der Waals surface area contributed by atoms with Crippen LogP contribution in [-0.2, 0) is 22.4 Å². The van der Waals surface area contributed by atoms with E-state index in [9.17, 15) is 14.4 Å². The Hall–Kier alpha value is -5.06. The molecule has 1 aliphatic carbocycles. The normalized spacial score (nSPS) is 13.7. The van der Waals surface area contributed by atoms with Gasteiger partial charge in [0.2, 0.25) is 23.0 Å². The Kier molecular flexibility index (Phi) is 10.3. The standard InChI is InChI=1S/C36H43N5O6/c1-20(2)16-32-40-27-13-10-23(18-29(27)41-32)39-33(44)8-7-15-37-28-14-11-24-25(19-30(28)43)26(38-21(3)42)12-9-22-17-31(45-4)35(46-5)36(47-6)34(22)24/h10-11,13-14,17-20,26H,7-9,12,15-16H2,1-6H3,(H,37,43)(H,38,42)(H,39,44)(H,40,41)/t26-/m0/s1. The lowest BCUT2D eigenvalue weighted by Crippen LogP contribution is -2.26. The quantitative estimate of drug-likeness (QED) is 0.143. The lowest BCUT2D eigenvalue weighted by Gasteiger charge is -2.19. The number of carbonyl (C=O) groups excluding carboxylic acids is 2. The van der Waals surface area contributed by atoms with Crippen molar-refractivity contribution in [3.63, 3.8) is 0 Å². The van der Waals surface area contributed by atoms with Crippen LogP contribution < -0.4 is 35.6 Å². The van der Waals surface area contributed by atoms with Crippen molar-refractivity contribution >= 4 is 34.2 Å². The Morgan fingerprint density at radius 3 is 2.51 bits per heavy atom. The van der Waals surface area contributed by atoms with Crippen LogP contribution in [0.4, 0.5) is 11.4 Å². The van der Waals surface area contributed by atoms with E-state index in [4.69, 9.17) is 14.2 Å². The van der Waals surface area contributed by atoms with Crippen LogP contribution in [0.15, 0.2) is 47.3 Å². The molecule has 4 aromatic rings. The number of methoxy groups -OCH3 is 3. The second-order valence-corrected chi connectivity index (χ2v) is 12.2. The van der Waals surface area contributed by atoms with E-state index in [1.54, 1.807) is 33.5 Å². The molecule has 0 bridgehead atoms. The molecule has 0 aliphatic heterocycles. The lowest BCUT2D eigenvalue weighted by atomic mass is 9.95. The molecule has 3 aromatic carbocycles. The highest BCUT2D eigenvalue weighted by atomic mass is 16.5. The number of anilines is 2. The number of nitrogens with zero attached hydrogens (tertiary/aromatic N) is 1. The van der Waals surface area contributed by atoms with E-state index in [2.05, 4.69) is 39.8 Å². The number of imidazole rings is 1. The van der Waals surface area contributed by atoms with Gasteiger partial charge in [0.05, 0.1) is 44.1 Å². The van der Waals surface area contributed by atoms with E-state index in [0.29, 0.717) is 65.9 Å². The van der Waals surface area contributed by atoms with E-state index in [1.165, 1.54) is 6.92 Å². The van der Waals surface area contributed by atoms with Gasteiger partial charge in [0.25, 0.3) is 0 Å². The zero-order valence-electron chi connectivity index (χ0n) is 27.8. The highest BCUT2D eigenvalue weighted by molar-refractivity contribution is 5.93. The molecule has 11 nitrogen and oxygen atoms in total. The maximum Gasteiger partial charge on any atom is 0.224 e. The summed E-state index contributed by atoms with van der Waals surface area (Å²) in [6.07, 6.45) is 2.83. The predicted molar refractivity (Wildman–Crippen MR) is 184 cm³/mol. The first-order valence-electron chi connectivity index (χ1n) is 15.9. The number of H-pyrrole nitrogens is 1. The fraction of sp³-hybridized carbons (Fsp3) is 0.389. The number of aryl methyl sites for hydroxylation is 1. The van der Waals surface area contributed by atoms with Crippen molar-refractivity contribution in [2.75, 3.05) is 38.5 Å². The molecule has 11 heteroatoms. The molecule has 1 heterocycles. The van der Waals surface area contributed by atoms with Gasteiger partial charge >= 0.3 is 0 Å². The van der Waals surface area contributed by atoms with Crippen molar-refractivity contribution < 1.29 is 23.8 Å². The van der Waals surface area contributed by atoms with E-state index in [1.807, 2.05) is 30.3 Å². The number of amides is 2. The minimum atomic E-state index is -0.393. The first-order valence-corrected chi connectivity index (χ1v) is 15.9. The minimum Gasteiger partial charge on any atom is -0.493 e. The van der Waals surface area contributed by atoms with Crippen LogP contribution in [0, 0.1) is 5.92 Å². The van der Waals surface area contributed by atoms with Crippen LogP contribution in [0.1, 0.15) is 63.0 Å². The number of benzene rings is 2. The first kappa shape index (κ1) is 33.3. The second kappa shape index (κ2) is 14.6. The Labute approximate surface area is 274 Å². The number of carbonyl (C=O) groups is 2. The molecular formula is C36H43N5O6. The zero-order valence-corrected chi connectivity index (χ0v) is 27.8. The van der Waals surface area contributed by atoms with Crippen LogP contribution in [0.5, 0.6) is 17.2 Å². The monoisotopic (exact) mass is 641 g/mol. The Balaban J connectivity index is 1.33. The van der Waals surface area contributed by atoms with Gasteiger partial charge in [0.15, 0.2) is 11.5 Å². The number of hydrogen-bond donors (Lipinski definition) is 4. The number of rotatable bonds is 12. The average Bonchev–Trinajstić information content (AvgIpc) is 3.27. The van der Waals surface area contributed by atoms with Crippen LogP contribution in [-0.4, -0.2) is 49.7 Å². The summed E-state index contributed by atoms with van der Waals surface area (Å²) in [4.78, 5) is 46.4. The summed E-state index contributed by atoms with van der Waals surface area (Å²) in [7, 11) is 4.69. The summed E-state index contributed by atoms with van der Waals surface area (Å²) >= 11 is 0. The van der Waals surface area contributed by atoms with Gasteiger partial charge in [-0.2, -0.15) is 0 Å². The zero-order chi connectivity index (χ0) is 33.7. The van der Waals surface area contributed by atoms with Gasteiger partial charge in [-0.1, -0.05) is 19.9 Å². The molecule has 1 aromatic heterocycles. The summed E-state index contributed by atoms with van der Waals surface area (Å²) in [6, 6.07) is 12.4. The number of aromatic nitrogens is 2. The molecule has 5 rings (SSSR count). The molecule has 0 saturated carbocycles. The third-order valence-corrected chi connectivity index (χ3v) is 8.23. The minimum absolute atomic E-state index is 0.119. The molecule has 2 amide bonds. The molecule has 1 aliphatic rings. The summed E-state index contributed by atoms with van der Waals surface area (Å²) in [5, 5.41) is 9.19. The van der Waals surface area contributed by atoms with Gasteiger partial charge in [-0.25, -0.2) is 4.98 Å². The molecule has 47 heavy (non-hydrogen) atoms. The SMILES string of the molecule is COc1cc2c(c(OC)c1OC)-c1ccc(NCCCC(=O)Nc3ccc4nc(CC(C)C)[nH]c4c3)c(=O)cc1[C@@H](NC(C)=O)CC2.